The zero-order valence-electron chi connectivity index (χ0n) is 9.84. The number of aliphatic hydroxyl groups is 1. The fourth-order valence-electron chi connectivity index (χ4n) is 1.24. The van der Waals surface area contributed by atoms with Gasteiger partial charge < -0.3 is 5.11 Å². The molecule has 2 heterocycles. The Balaban J connectivity index is 1.98. The molecule has 6 heteroatoms. The smallest absolute Gasteiger partial charge is 0.174 e. The van der Waals surface area contributed by atoms with Crippen molar-refractivity contribution >= 4 is 34.4 Å². The van der Waals surface area contributed by atoms with Crippen molar-refractivity contribution < 1.29 is 5.11 Å². The lowest BCUT2D eigenvalue weighted by atomic mass is 10.2. The van der Waals surface area contributed by atoms with Gasteiger partial charge in [-0.15, -0.1) is 21.5 Å². The molecule has 0 spiro atoms. The van der Waals surface area contributed by atoms with Gasteiger partial charge in [0.1, 0.15) is 5.01 Å². The van der Waals surface area contributed by atoms with Crippen LogP contribution in [-0.4, -0.2) is 21.9 Å². The molecule has 3 nitrogen and oxygen atoms in total. The van der Waals surface area contributed by atoms with E-state index < -0.39 is 0 Å². The maximum absolute atomic E-state index is 8.70. The summed E-state index contributed by atoms with van der Waals surface area (Å²) in [6.45, 7) is 2.07. The molecule has 0 aliphatic heterocycles. The Kier molecular flexibility index (Phi) is 5.20. The molecule has 0 aliphatic rings. The number of thioether (sulfide) groups is 1. The second-order valence-corrected chi connectivity index (χ2v) is 6.81. The van der Waals surface area contributed by atoms with Crippen LogP contribution in [0.25, 0.3) is 0 Å². The van der Waals surface area contributed by atoms with Crippen molar-refractivity contribution in [2.45, 2.75) is 23.4 Å². The van der Waals surface area contributed by atoms with Gasteiger partial charge in [-0.05, 0) is 18.4 Å². The molecule has 2 aromatic rings. The first-order chi connectivity index (χ1) is 8.79. The predicted octanol–water partition coefficient (Wildman–Crippen LogP) is 2.93. The summed E-state index contributed by atoms with van der Waals surface area (Å²) in [4.78, 5) is 1.25. The number of thiophene rings is 1. The van der Waals surface area contributed by atoms with Gasteiger partial charge in [0.2, 0.25) is 0 Å². The summed E-state index contributed by atoms with van der Waals surface area (Å²) >= 11 is 5.01. The lowest BCUT2D eigenvalue weighted by molar-refractivity contribution is 0.305. The van der Waals surface area contributed by atoms with Crippen LogP contribution in [0.15, 0.2) is 15.8 Å². The van der Waals surface area contributed by atoms with Crippen molar-refractivity contribution in [2.75, 3.05) is 6.61 Å². The largest absolute Gasteiger partial charge is 0.395 e. The van der Waals surface area contributed by atoms with E-state index in [0.717, 1.165) is 20.7 Å². The number of hydrogen-bond donors (Lipinski definition) is 1. The van der Waals surface area contributed by atoms with Gasteiger partial charge in [0.25, 0.3) is 0 Å². The van der Waals surface area contributed by atoms with Gasteiger partial charge in [-0.25, -0.2) is 0 Å². The first-order valence-corrected chi connectivity index (χ1v) is 8.07. The number of aliphatic hydroxyl groups excluding tert-OH is 1. The minimum Gasteiger partial charge on any atom is -0.395 e. The van der Waals surface area contributed by atoms with E-state index in [2.05, 4.69) is 22.0 Å². The molecule has 0 unspecified atom stereocenters. The molecular weight excluding hydrogens is 284 g/mol. The van der Waals surface area contributed by atoms with Gasteiger partial charge in [-0.3, -0.25) is 0 Å². The zero-order chi connectivity index (χ0) is 12.8. The first-order valence-electron chi connectivity index (χ1n) is 5.38. The van der Waals surface area contributed by atoms with Gasteiger partial charge >= 0.3 is 0 Å². The van der Waals surface area contributed by atoms with E-state index in [-0.39, 0.29) is 6.61 Å². The molecule has 0 atom stereocenters. The number of aromatic nitrogens is 2. The molecule has 0 radical (unpaired) electrons. The molecule has 1 N–H and O–H groups in total. The Labute approximate surface area is 118 Å². The molecule has 0 saturated heterocycles. The molecule has 94 valence electrons. The van der Waals surface area contributed by atoms with E-state index in [4.69, 9.17) is 5.11 Å². The van der Waals surface area contributed by atoms with Crippen molar-refractivity contribution in [3.8, 4) is 11.8 Å². The number of rotatable bonds is 4. The maximum Gasteiger partial charge on any atom is 0.174 e. The predicted molar refractivity (Wildman–Crippen MR) is 77.1 cm³/mol. The molecule has 0 aromatic carbocycles. The van der Waals surface area contributed by atoms with Crippen LogP contribution in [0.3, 0.4) is 0 Å². The molecule has 2 aromatic heterocycles. The minimum absolute atomic E-state index is 0.116. The fourth-order valence-corrected chi connectivity index (χ4v) is 4.00. The normalized spacial score (nSPS) is 10.1. The first kappa shape index (κ1) is 13.6. The van der Waals surface area contributed by atoms with E-state index in [1.54, 1.807) is 34.4 Å². The third kappa shape index (κ3) is 3.82. The Bertz CT molecular complexity index is 565. The molecule has 2 rings (SSSR count). The quantitative estimate of drug-likeness (QED) is 0.696. The lowest BCUT2D eigenvalue weighted by Crippen LogP contribution is -1.81. The van der Waals surface area contributed by atoms with Gasteiger partial charge in [-0.2, -0.15) is 0 Å². The second-order valence-electron chi connectivity index (χ2n) is 3.41. The lowest BCUT2D eigenvalue weighted by Gasteiger charge is -1.95. The number of aryl methyl sites for hydroxylation is 1. The molecular formula is C12H12N2OS3. The molecule has 18 heavy (non-hydrogen) atoms. The van der Waals surface area contributed by atoms with E-state index in [1.807, 2.05) is 18.4 Å². The highest BCUT2D eigenvalue weighted by atomic mass is 32.2. The standard InChI is InChI=1S/C12H12N2OS3/c1-9-13-14-12(18-9)17-8-11-10(5-7-16-11)4-2-3-6-15/h5,7,15H,3,6,8H2,1H3. The summed E-state index contributed by atoms with van der Waals surface area (Å²) in [5, 5.41) is 19.8. The summed E-state index contributed by atoms with van der Waals surface area (Å²) in [5.41, 5.74) is 1.06. The van der Waals surface area contributed by atoms with Gasteiger partial charge in [0.05, 0.1) is 6.61 Å². The molecule has 0 bridgehead atoms. The van der Waals surface area contributed by atoms with Crippen LogP contribution in [-0.2, 0) is 5.75 Å². The Hall–Kier alpha value is -0.870. The van der Waals surface area contributed by atoms with E-state index >= 15 is 0 Å². The summed E-state index contributed by atoms with van der Waals surface area (Å²) in [6, 6.07) is 2.02. The second kappa shape index (κ2) is 6.90. The van der Waals surface area contributed by atoms with Gasteiger partial charge in [0, 0.05) is 22.6 Å². The summed E-state index contributed by atoms with van der Waals surface area (Å²) in [7, 11) is 0. The van der Waals surface area contributed by atoms with Crippen LogP contribution in [0.2, 0.25) is 0 Å². The minimum atomic E-state index is 0.116. The van der Waals surface area contributed by atoms with Gasteiger partial charge in [0.15, 0.2) is 4.34 Å². The highest BCUT2D eigenvalue weighted by Crippen LogP contribution is 2.29. The van der Waals surface area contributed by atoms with E-state index in [9.17, 15) is 0 Å². The molecule has 0 amide bonds. The summed E-state index contributed by atoms with van der Waals surface area (Å²) in [5.74, 6) is 6.91. The van der Waals surface area contributed by atoms with Crippen molar-refractivity contribution in [1.29, 1.82) is 0 Å². The topological polar surface area (TPSA) is 46.0 Å². The van der Waals surface area contributed by atoms with Crippen LogP contribution in [0, 0.1) is 18.8 Å². The van der Waals surface area contributed by atoms with E-state index in [1.165, 1.54) is 4.88 Å². The average molecular weight is 296 g/mol. The average Bonchev–Trinajstić information content (AvgIpc) is 2.96. The monoisotopic (exact) mass is 296 g/mol. The Morgan fingerprint density at radius 1 is 1.44 bits per heavy atom. The summed E-state index contributed by atoms with van der Waals surface area (Å²) in [6.07, 6.45) is 0.526. The SMILES string of the molecule is Cc1nnc(SCc2sccc2C#CCCO)s1. The van der Waals surface area contributed by atoms with Crippen LogP contribution in [0.4, 0.5) is 0 Å². The third-order valence-electron chi connectivity index (χ3n) is 2.04. The maximum atomic E-state index is 8.70. The highest BCUT2D eigenvalue weighted by molar-refractivity contribution is 8.00. The molecule has 0 aliphatic carbocycles. The molecule has 0 saturated carbocycles. The highest BCUT2D eigenvalue weighted by Gasteiger charge is 2.06. The van der Waals surface area contributed by atoms with Crippen LogP contribution in [0.1, 0.15) is 21.9 Å². The van der Waals surface area contributed by atoms with Crippen molar-refractivity contribution in [2.24, 2.45) is 0 Å². The van der Waals surface area contributed by atoms with Gasteiger partial charge in [-0.1, -0.05) is 34.9 Å². The Morgan fingerprint density at radius 3 is 3.06 bits per heavy atom. The summed E-state index contributed by atoms with van der Waals surface area (Å²) < 4.78 is 0.996. The van der Waals surface area contributed by atoms with Crippen LogP contribution >= 0.6 is 34.4 Å². The fraction of sp³-hybridized carbons (Fsp3) is 0.333. The van der Waals surface area contributed by atoms with E-state index in [0.29, 0.717) is 6.42 Å². The van der Waals surface area contributed by atoms with Crippen molar-refractivity contribution in [1.82, 2.24) is 10.2 Å². The van der Waals surface area contributed by atoms with Crippen molar-refractivity contribution in [3.05, 3.63) is 26.9 Å². The number of hydrogen-bond acceptors (Lipinski definition) is 6. The van der Waals surface area contributed by atoms with Crippen LogP contribution in [0.5, 0.6) is 0 Å². The zero-order valence-corrected chi connectivity index (χ0v) is 12.3. The van der Waals surface area contributed by atoms with Crippen molar-refractivity contribution in [3.63, 3.8) is 0 Å². The Morgan fingerprint density at radius 2 is 2.33 bits per heavy atom. The van der Waals surface area contributed by atoms with Crippen LogP contribution < -0.4 is 0 Å². The number of nitrogens with zero attached hydrogens (tertiary/aromatic N) is 2. The molecule has 0 fully saturated rings. The third-order valence-corrected chi connectivity index (χ3v) is 5.14.